The molecular formula is C10H9NO. The van der Waals surface area contributed by atoms with Gasteiger partial charge in [-0.25, -0.2) is 4.99 Å². The van der Waals surface area contributed by atoms with Crippen LogP contribution in [0.3, 0.4) is 0 Å². The molecule has 1 unspecified atom stereocenters. The molecule has 0 saturated carbocycles. The largest absolute Gasteiger partial charge is 0.472 e. The number of ether oxygens (including phenoxy) is 1. The first-order chi connectivity index (χ1) is 5.97. The van der Waals surface area contributed by atoms with Gasteiger partial charge in [-0.05, 0) is 6.08 Å². The van der Waals surface area contributed by atoms with Crippen LogP contribution in [0.2, 0.25) is 0 Å². The Kier molecular flexibility index (Phi) is 1.90. The lowest BCUT2D eigenvalue weighted by Crippen LogP contribution is -2.00. The SMILES string of the molecule is C1=COC(c2ccccc2)N=C1. The molecule has 12 heavy (non-hydrogen) atoms. The van der Waals surface area contributed by atoms with E-state index in [4.69, 9.17) is 4.74 Å². The van der Waals surface area contributed by atoms with Crippen LogP contribution in [0.4, 0.5) is 0 Å². The fourth-order valence-electron chi connectivity index (χ4n) is 1.10. The van der Waals surface area contributed by atoms with Crippen LogP contribution in [0.15, 0.2) is 47.7 Å². The lowest BCUT2D eigenvalue weighted by atomic mass is 10.2. The zero-order valence-corrected chi connectivity index (χ0v) is 6.55. The quantitative estimate of drug-likeness (QED) is 0.616. The highest BCUT2D eigenvalue weighted by molar-refractivity contribution is 5.71. The fraction of sp³-hybridized carbons (Fsp3) is 0.100. The molecule has 0 N–H and O–H groups in total. The Hall–Kier alpha value is -1.57. The van der Waals surface area contributed by atoms with Crippen LogP contribution >= 0.6 is 0 Å². The lowest BCUT2D eigenvalue weighted by molar-refractivity contribution is 0.152. The molecule has 0 fully saturated rings. The van der Waals surface area contributed by atoms with Crippen LogP contribution in [0, 0.1) is 0 Å². The Morgan fingerprint density at radius 1 is 1.17 bits per heavy atom. The van der Waals surface area contributed by atoms with Crippen molar-refractivity contribution in [1.29, 1.82) is 0 Å². The van der Waals surface area contributed by atoms with Gasteiger partial charge in [0, 0.05) is 11.8 Å². The minimum atomic E-state index is -0.156. The predicted octanol–water partition coefficient (Wildman–Crippen LogP) is 2.30. The molecular weight excluding hydrogens is 150 g/mol. The maximum Gasteiger partial charge on any atom is 0.214 e. The first-order valence-electron chi connectivity index (χ1n) is 3.85. The third kappa shape index (κ3) is 1.37. The molecule has 0 saturated heterocycles. The highest BCUT2D eigenvalue weighted by Crippen LogP contribution is 2.19. The van der Waals surface area contributed by atoms with Crippen molar-refractivity contribution in [3.05, 3.63) is 48.2 Å². The van der Waals surface area contributed by atoms with E-state index in [-0.39, 0.29) is 6.23 Å². The predicted molar refractivity (Wildman–Crippen MR) is 47.9 cm³/mol. The summed E-state index contributed by atoms with van der Waals surface area (Å²) in [6, 6.07) is 9.94. The van der Waals surface area contributed by atoms with Crippen molar-refractivity contribution in [2.45, 2.75) is 6.23 Å². The van der Waals surface area contributed by atoms with Crippen LogP contribution < -0.4 is 0 Å². The van der Waals surface area contributed by atoms with E-state index in [2.05, 4.69) is 4.99 Å². The van der Waals surface area contributed by atoms with Crippen molar-refractivity contribution in [1.82, 2.24) is 0 Å². The van der Waals surface area contributed by atoms with Gasteiger partial charge in [0.1, 0.15) is 0 Å². The first kappa shape index (κ1) is 7.10. The summed E-state index contributed by atoms with van der Waals surface area (Å²) >= 11 is 0. The summed E-state index contributed by atoms with van der Waals surface area (Å²) in [5.74, 6) is 0. The van der Waals surface area contributed by atoms with Crippen molar-refractivity contribution in [3.8, 4) is 0 Å². The molecule has 2 rings (SSSR count). The Morgan fingerprint density at radius 2 is 2.00 bits per heavy atom. The van der Waals surface area contributed by atoms with Gasteiger partial charge in [0.15, 0.2) is 0 Å². The smallest absolute Gasteiger partial charge is 0.214 e. The minimum absolute atomic E-state index is 0.156. The summed E-state index contributed by atoms with van der Waals surface area (Å²) in [5.41, 5.74) is 1.08. The Balaban J connectivity index is 2.21. The van der Waals surface area contributed by atoms with Gasteiger partial charge in [-0.15, -0.1) is 0 Å². The topological polar surface area (TPSA) is 21.6 Å². The third-order valence-electron chi connectivity index (χ3n) is 1.68. The molecule has 0 spiro atoms. The van der Waals surface area contributed by atoms with E-state index in [1.807, 2.05) is 30.3 Å². The average Bonchev–Trinajstić information content (AvgIpc) is 2.21. The number of hydrogen-bond acceptors (Lipinski definition) is 2. The fourth-order valence-corrected chi connectivity index (χ4v) is 1.10. The van der Waals surface area contributed by atoms with Gasteiger partial charge in [0.25, 0.3) is 0 Å². The molecule has 0 bridgehead atoms. The average molecular weight is 159 g/mol. The highest BCUT2D eigenvalue weighted by atomic mass is 16.5. The van der Waals surface area contributed by atoms with Gasteiger partial charge >= 0.3 is 0 Å². The lowest BCUT2D eigenvalue weighted by Gasteiger charge is -2.13. The van der Waals surface area contributed by atoms with Crippen LogP contribution in [0.25, 0.3) is 0 Å². The third-order valence-corrected chi connectivity index (χ3v) is 1.68. The van der Waals surface area contributed by atoms with Crippen LogP contribution in [-0.4, -0.2) is 6.21 Å². The van der Waals surface area contributed by atoms with Gasteiger partial charge in [0.05, 0.1) is 6.26 Å². The molecule has 1 aliphatic heterocycles. The molecule has 0 amide bonds. The summed E-state index contributed by atoms with van der Waals surface area (Å²) in [6.45, 7) is 0. The molecule has 1 aliphatic rings. The summed E-state index contributed by atoms with van der Waals surface area (Å²) in [4.78, 5) is 4.17. The van der Waals surface area contributed by atoms with E-state index in [1.165, 1.54) is 0 Å². The normalized spacial score (nSPS) is 20.5. The molecule has 0 radical (unpaired) electrons. The van der Waals surface area contributed by atoms with E-state index in [0.29, 0.717) is 0 Å². The second-order valence-electron chi connectivity index (χ2n) is 2.53. The first-order valence-corrected chi connectivity index (χ1v) is 3.85. The number of allylic oxidation sites excluding steroid dienone is 1. The minimum Gasteiger partial charge on any atom is -0.472 e. The van der Waals surface area contributed by atoms with E-state index < -0.39 is 0 Å². The number of hydrogen-bond donors (Lipinski definition) is 0. The molecule has 0 aliphatic carbocycles. The van der Waals surface area contributed by atoms with Gasteiger partial charge < -0.3 is 4.74 Å². The summed E-state index contributed by atoms with van der Waals surface area (Å²) in [6.07, 6.45) is 5.03. The second kappa shape index (κ2) is 3.22. The maximum absolute atomic E-state index is 5.29. The number of aliphatic imine (C=N–C) groups is 1. The molecule has 2 nitrogen and oxygen atoms in total. The van der Waals surface area contributed by atoms with E-state index in [0.717, 1.165) is 5.56 Å². The molecule has 2 heteroatoms. The van der Waals surface area contributed by atoms with Gasteiger partial charge in [-0.1, -0.05) is 30.3 Å². The van der Waals surface area contributed by atoms with Crippen molar-refractivity contribution < 1.29 is 4.74 Å². The van der Waals surface area contributed by atoms with Crippen molar-refractivity contribution in [2.75, 3.05) is 0 Å². The Bertz CT molecular complexity index is 303. The zero-order valence-electron chi connectivity index (χ0n) is 6.55. The van der Waals surface area contributed by atoms with Crippen molar-refractivity contribution in [2.24, 2.45) is 4.99 Å². The zero-order chi connectivity index (χ0) is 8.23. The maximum atomic E-state index is 5.29. The van der Waals surface area contributed by atoms with Crippen molar-refractivity contribution in [3.63, 3.8) is 0 Å². The molecule has 1 aromatic rings. The van der Waals surface area contributed by atoms with Crippen molar-refractivity contribution >= 4 is 6.21 Å². The second-order valence-corrected chi connectivity index (χ2v) is 2.53. The number of rotatable bonds is 1. The van der Waals surface area contributed by atoms with Gasteiger partial charge in [-0.3, -0.25) is 0 Å². The van der Waals surface area contributed by atoms with Crippen LogP contribution in [-0.2, 0) is 4.74 Å². The number of benzene rings is 1. The van der Waals surface area contributed by atoms with Gasteiger partial charge in [-0.2, -0.15) is 0 Å². The Morgan fingerprint density at radius 3 is 2.67 bits per heavy atom. The summed E-state index contributed by atoms with van der Waals surface area (Å²) in [7, 11) is 0. The molecule has 1 aromatic carbocycles. The molecule has 1 atom stereocenters. The number of nitrogens with zero attached hydrogens (tertiary/aromatic N) is 1. The van der Waals surface area contributed by atoms with Gasteiger partial charge in [0.2, 0.25) is 6.23 Å². The molecule has 0 aromatic heterocycles. The monoisotopic (exact) mass is 159 g/mol. The Labute approximate surface area is 71.2 Å². The van der Waals surface area contributed by atoms with E-state index in [9.17, 15) is 0 Å². The van der Waals surface area contributed by atoms with Crippen LogP contribution in [0.1, 0.15) is 11.8 Å². The molecule has 1 heterocycles. The summed E-state index contributed by atoms with van der Waals surface area (Å²) < 4.78 is 5.29. The molecule has 60 valence electrons. The summed E-state index contributed by atoms with van der Waals surface area (Å²) in [5, 5.41) is 0. The highest BCUT2D eigenvalue weighted by Gasteiger charge is 2.08. The van der Waals surface area contributed by atoms with E-state index >= 15 is 0 Å². The van der Waals surface area contributed by atoms with E-state index in [1.54, 1.807) is 18.6 Å². The van der Waals surface area contributed by atoms with Crippen LogP contribution in [0.5, 0.6) is 0 Å². The standard InChI is InChI=1S/C10H9NO/c1-2-5-9(6-3-1)10-11-7-4-8-12-10/h1-8,10H.